The fraction of sp³-hybridized carbons (Fsp3) is 0.417. The van der Waals surface area contributed by atoms with Crippen LogP contribution in [-0.2, 0) is 11.0 Å². The molecule has 1 rings (SSSR count). The summed E-state index contributed by atoms with van der Waals surface area (Å²) in [5, 5.41) is 4.30. The molecule has 2 nitrogen and oxygen atoms in total. The number of alkyl halides is 4. The quantitative estimate of drug-likeness (QED) is 0.344. The maximum atomic E-state index is 12.4. The van der Waals surface area contributed by atoms with E-state index in [-0.39, 0.29) is 0 Å². The van der Waals surface area contributed by atoms with Crippen LogP contribution in [0.2, 0.25) is 0 Å². The van der Waals surface area contributed by atoms with Gasteiger partial charge < -0.3 is 4.84 Å². The van der Waals surface area contributed by atoms with Crippen LogP contribution in [0.5, 0.6) is 0 Å². The number of hydrogen-bond donors (Lipinski definition) is 0. The molecule has 0 spiro atoms. The first kappa shape index (κ1) is 15.0. The molecule has 100 valence electrons. The van der Waals surface area contributed by atoms with Crippen LogP contribution in [0.15, 0.2) is 29.4 Å². The van der Waals surface area contributed by atoms with Crippen LogP contribution in [0.25, 0.3) is 0 Å². The first-order chi connectivity index (χ1) is 8.49. The molecule has 0 aliphatic heterocycles. The summed E-state index contributed by atoms with van der Waals surface area (Å²) in [7, 11) is 0. The smallest absolute Gasteiger partial charge is 0.396 e. The molecule has 0 unspecified atom stereocenters. The second kappa shape index (κ2) is 6.78. The normalized spacial score (nSPS) is 12.6. The van der Waals surface area contributed by atoms with Crippen LogP contribution in [0.1, 0.15) is 24.5 Å². The van der Waals surface area contributed by atoms with E-state index in [2.05, 4.69) is 21.1 Å². The van der Waals surface area contributed by atoms with E-state index in [0.29, 0.717) is 23.2 Å². The molecular weight excluding hydrogens is 311 g/mol. The Labute approximate surface area is 112 Å². The van der Waals surface area contributed by atoms with Gasteiger partial charge in [-0.05, 0) is 18.6 Å². The molecule has 0 fully saturated rings. The lowest BCUT2D eigenvalue weighted by Gasteiger charge is -2.08. The monoisotopic (exact) mass is 323 g/mol. The van der Waals surface area contributed by atoms with Crippen molar-refractivity contribution < 1.29 is 18.0 Å². The summed E-state index contributed by atoms with van der Waals surface area (Å²) in [4.78, 5) is 5.02. The van der Waals surface area contributed by atoms with Gasteiger partial charge in [-0.25, -0.2) is 0 Å². The lowest BCUT2D eigenvalue weighted by Crippen LogP contribution is -2.07. The summed E-state index contributed by atoms with van der Waals surface area (Å²) in [5.74, 6) is 0. The molecule has 0 saturated carbocycles. The minimum atomic E-state index is -4.32. The standard InChI is InChI=1S/C12H13BrF3NO/c1-2-7-18-17-11(8-13)9-3-5-10(6-4-9)12(14,15)16/h3-6H,2,7-8H2,1H3. The van der Waals surface area contributed by atoms with E-state index in [1.165, 1.54) is 12.1 Å². The van der Waals surface area contributed by atoms with Gasteiger partial charge in [-0.2, -0.15) is 13.2 Å². The Kier molecular flexibility index (Phi) is 5.65. The second-order valence-electron chi connectivity index (χ2n) is 3.58. The molecule has 0 aliphatic carbocycles. The summed E-state index contributed by atoms with van der Waals surface area (Å²) < 4.78 is 37.2. The largest absolute Gasteiger partial charge is 0.416 e. The molecule has 0 amide bonds. The fourth-order valence-corrected chi connectivity index (χ4v) is 1.65. The van der Waals surface area contributed by atoms with E-state index < -0.39 is 11.7 Å². The van der Waals surface area contributed by atoms with Crippen LogP contribution in [-0.4, -0.2) is 17.6 Å². The van der Waals surface area contributed by atoms with Gasteiger partial charge in [-0.3, -0.25) is 0 Å². The van der Waals surface area contributed by atoms with E-state index in [1.54, 1.807) is 0 Å². The van der Waals surface area contributed by atoms with E-state index >= 15 is 0 Å². The Morgan fingerprint density at radius 3 is 2.33 bits per heavy atom. The number of oxime groups is 1. The summed E-state index contributed by atoms with van der Waals surface area (Å²) in [6.45, 7) is 2.43. The number of benzene rings is 1. The maximum absolute atomic E-state index is 12.4. The van der Waals surface area contributed by atoms with Crippen molar-refractivity contribution in [3.63, 3.8) is 0 Å². The van der Waals surface area contributed by atoms with Crippen LogP contribution >= 0.6 is 15.9 Å². The molecule has 18 heavy (non-hydrogen) atoms. The van der Waals surface area contributed by atoms with Gasteiger partial charge in [-0.1, -0.05) is 40.1 Å². The van der Waals surface area contributed by atoms with Gasteiger partial charge in [-0.15, -0.1) is 0 Å². The third kappa shape index (κ3) is 4.33. The number of hydrogen-bond acceptors (Lipinski definition) is 2. The fourth-order valence-electron chi connectivity index (χ4n) is 1.22. The van der Waals surface area contributed by atoms with Crippen molar-refractivity contribution in [2.45, 2.75) is 19.5 Å². The summed E-state index contributed by atoms with van der Waals surface area (Å²) in [5.41, 5.74) is 0.503. The van der Waals surface area contributed by atoms with Gasteiger partial charge in [0, 0.05) is 10.9 Å². The zero-order valence-electron chi connectivity index (χ0n) is 9.80. The van der Waals surface area contributed by atoms with Crippen molar-refractivity contribution >= 4 is 21.6 Å². The van der Waals surface area contributed by atoms with Crippen molar-refractivity contribution in [3.05, 3.63) is 35.4 Å². The summed E-state index contributed by atoms with van der Waals surface area (Å²) in [6.07, 6.45) is -3.49. The zero-order valence-corrected chi connectivity index (χ0v) is 11.4. The van der Waals surface area contributed by atoms with Crippen LogP contribution < -0.4 is 0 Å². The number of rotatable bonds is 5. The highest BCUT2D eigenvalue weighted by molar-refractivity contribution is 9.09. The molecule has 1 aromatic carbocycles. The average Bonchev–Trinajstić information content (AvgIpc) is 2.34. The summed E-state index contributed by atoms with van der Waals surface area (Å²) in [6, 6.07) is 4.84. The van der Waals surface area contributed by atoms with Crippen molar-refractivity contribution in [3.8, 4) is 0 Å². The van der Waals surface area contributed by atoms with Crippen LogP contribution in [0.4, 0.5) is 13.2 Å². The molecule has 0 atom stereocenters. The Morgan fingerprint density at radius 2 is 1.89 bits per heavy atom. The van der Waals surface area contributed by atoms with Crippen molar-refractivity contribution in [2.24, 2.45) is 5.16 Å². The van der Waals surface area contributed by atoms with Gasteiger partial charge in [0.2, 0.25) is 0 Å². The first-order valence-electron chi connectivity index (χ1n) is 5.41. The lowest BCUT2D eigenvalue weighted by molar-refractivity contribution is -0.137. The molecule has 1 aromatic rings. The molecule has 6 heteroatoms. The zero-order chi connectivity index (χ0) is 13.6. The van der Waals surface area contributed by atoms with Crippen molar-refractivity contribution in [2.75, 3.05) is 11.9 Å². The molecule has 0 aromatic heterocycles. The highest BCUT2D eigenvalue weighted by atomic mass is 79.9. The molecular formula is C12H13BrF3NO. The van der Waals surface area contributed by atoms with Crippen LogP contribution in [0.3, 0.4) is 0 Å². The Hall–Kier alpha value is -1.04. The lowest BCUT2D eigenvalue weighted by atomic mass is 10.1. The predicted molar refractivity (Wildman–Crippen MR) is 68.0 cm³/mol. The van der Waals surface area contributed by atoms with E-state index in [1.807, 2.05) is 6.92 Å². The SMILES string of the molecule is CCCON=C(CBr)c1ccc(C(F)(F)F)cc1. The van der Waals surface area contributed by atoms with Gasteiger partial charge in [0.25, 0.3) is 0 Å². The third-order valence-corrected chi connectivity index (χ3v) is 2.67. The molecule has 0 bridgehead atoms. The molecule has 0 aliphatic rings. The molecule has 0 radical (unpaired) electrons. The number of nitrogens with zero attached hydrogens (tertiary/aromatic N) is 1. The van der Waals surface area contributed by atoms with Crippen molar-refractivity contribution in [1.29, 1.82) is 0 Å². The minimum Gasteiger partial charge on any atom is -0.396 e. The van der Waals surface area contributed by atoms with Gasteiger partial charge in [0.05, 0.1) is 11.3 Å². The van der Waals surface area contributed by atoms with Gasteiger partial charge in [0.1, 0.15) is 6.61 Å². The molecule has 0 N–H and O–H groups in total. The molecule has 0 saturated heterocycles. The summed E-state index contributed by atoms with van der Waals surface area (Å²) >= 11 is 3.23. The second-order valence-corrected chi connectivity index (χ2v) is 4.14. The predicted octanol–water partition coefficient (Wildman–Crippen LogP) is 4.23. The molecule has 0 heterocycles. The average molecular weight is 324 g/mol. The van der Waals surface area contributed by atoms with Gasteiger partial charge in [0.15, 0.2) is 0 Å². The van der Waals surface area contributed by atoms with E-state index in [9.17, 15) is 13.2 Å². The number of halogens is 4. The highest BCUT2D eigenvalue weighted by Gasteiger charge is 2.30. The van der Waals surface area contributed by atoms with Crippen LogP contribution in [0, 0.1) is 0 Å². The van der Waals surface area contributed by atoms with E-state index in [0.717, 1.165) is 18.6 Å². The minimum absolute atomic E-state index is 0.419. The van der Waals surface area contributed by atoms with E-state index in [4.69, 9.17) is 4.84 Å². The Bertz CT molecular complexity index is 401. The first-order valence-corrected chi connectivity index (χ1v) is 6.53. The van der Waals surface area contributed by atoms with Gasteiger partial charge >= 0.3 is 6.18 Å². The maximum Gasteiger partial charge on any atom is 0.416 e. The Morgan fingerprint density at radius 1 is 1.28 bits per heavy atom. The Balaban J connectivity index is 2.85. The topological polar surface area (TPSA) is 21.6 Å². The van der Waals surface area contributed by atoms with Crippen molar-refractivity contribution in [1.82, 2.24) is 0 Å². The third-order valence-electron chi connectivity index (χ3n) is 2.14. The highest BCUT2D eigenvalue weighted by Crippen LogP contribution is 2.29.